The Morgan fingerprint density at radius 2 is 1.00 bits per heavy atom. The van der Waals surface area contributed by atoms with Crippen LogP contribution in [0.1, 0.15) is 55.4 Å². The van der Waals surface area contributed by atoms with Gasteiger partial charge in [0.2, 0.25) is 0 Å². The maximum atomic E-state index is 2.31. The van der Waals surface area contributed by atoms with Gasteiger partial charge in [0.15, 0.2) is 0 Å². The molecule has 0 nitrogen and oxygen atoms in total. The molecule has 0 bridgehead atoms. The Morgan fingerprint density at radius 3 is 1.21 bits per heavy atom. The molecular weight excluding hydrogens is 317 g/mol. The van der Waals surface area contributed by atoms with Gasteiger partial charge in [-0.25, -0.2) is 0 Å². The van der Waals surface area contributed by atoms with Crippen molar-refractivity contribution in [3.05, 3.63) is 44.8 Å². The van der Waals surface area contributed by atoms with Gasteiger partial charge in [0.1, 0.15) is 0 Å². The summed E-state index contributed by atoms with van der Waals surface area (Å²) in [4.78, 5) is 0. The third-order valence-corrected chi connectivity index (χ3v) is 6.57. The summed E-state index contributed by atoms with van der Waals surface area (Å²) in [5.74, 6) is 0. The van der Waals surface area contributed by atoms with Crippen molar-refractivity contribution < 1.29 is 17.1 Å². The third kappa shape index (κ3) is 7.68. The van der Waals surface area contributed by atoms with E-state index in [1.165, 1.54) is 0 Å². The van der Waals surface area contributed by atoms with Gasteiger partial charge >= 0.3 is 128 Å². The molecule has 0 N–H and O–H groups in total. The second-order valence-electron chi connectivity index (χ2n) is 6.64. The molecule has 0 spiro atoms. The van der Waals surface area contributed by atoms with Crippen molar-refractivity contribution >= 4 is 0 Å². The van der Waals surface area contributed by atoms with E-state index in [9.17, 15) is 0 Å². The first-order valence-electron chi connectivity index (χ1n) is 6.92. The fraction of sp³-hybridized carbons (Fsp3) is 0.556. The van der Waals surface area contributed by atoms with E-state index < -0.39 is 0 Å². The van der Waals surface area contributed by atoms with Crippen LogP contribution in [0.4, 0.5) is 0 Å². The Kier molecular flexibility index (Phi) is 7.83. The van der Waals surface area contributed by atoms with Crippen molar-refractivity contribution in [3.8, 4) is 0 Å². The van der Waals surface area contributed by atoms with Gasteiger partial charge in [-0.1, -0.05) is 0 Å². The summed E-state index contributed by atoms with van der Waals surface area (Å²) in [6, 6.07) is 0. The molecule has 0 rings (SSSR count). The molecule has 0 fully saturated rings. The van der Waals surface area contributed by atoms with Crippen LogP contribution in [0.2, 0.25) is 0 Å². The molecule has 0 saturated heterocycles. The van der Waals surface area contributed by atoms with Crippen LogP contribution in [0.5, 0.6) is 0 Å². The Bertz CT molecular complexity index is 341. The molecule has 0 atom stereocenters. The van der Waals surface area contributed by atoms with E-state index in [4.69, 9.17) is 0 Å². The van der Waals surface area contributed by atoms with Gasteiger partial charge in [0.25, 0.3) is 0 Å². The minimum absolute atomic E-state index is 0.115. The van der Waals surface area contributed by atoms with E-state index in [2.05, 4.69) is 91.8 Å². The molecule has 0 heterocycles. The van der Waals surface area contributed by atoms with Gasteiger partial charge in [0.05, 0.1) is 0 Å². The van der Waals surface area contributed by atoms with Gasteiger partial charge in [-0.15, -0.1) is 0 Å². The Hall–Kier alpha value is -0.417. The molecule has 0 radical (unpaired) electrons. The van der Waals surface area contributed by atoms with Crippen molar-refractivity contribution in [2.75, 3.05) is 0 Å². The minimum atomic E-state index is 0.115. The second kappa shape index (κ2) is 8.00. The summed E-state index contributed by atoms with van der Waals surface area (Å²) in [5.41, 5.74) is 0.496. The predicted molar refractivity (Wildman–Crippen MR) is 84.7 cm³/mol. The number of hydrogen-bond donors (Lipinski definition) is 0. The summed E-state index contributed by atoms with van der Waals surface area (Å²) in [5, 5.41) is 0. The molecule has 0 aliphatic heterocycles. The van der Waals surface area contributed by atoms with Crippen LogP contribution < -0.4 is 0 Å². The quantitative estimate of drug-likeness (QED) is 0.427. The molecule has 0 aromatic heterocycles. The molecule has 1 heteroatoms. The van der Waals surface area contributed by atoms with Crippen LogP contribution in [-0.4, -0.2) is 0 Å². The van der Waals surface area contributed by atoms with Crippen molar-refractivity contribution in [2.24, 2.45) is 10.8 Å². The molecule has 0 amide bonds. The Balaban J connectivity index is 5.40. The van der Waals surface area contributed by atoms with E-state index in [1.54, 1.807) is 8.33 Å². The molecule has 19 heavy (non-hydrogen) atoms. The van der Waals surface area contributed by atoms with Gasteiger partial charge in [-0.05, 0) is 0 Å². The summed E-state index contributed by atoms with van der Waals surface area (Å²) in [6.45, 7) is 18.0. The molecule has 0 saturated carbocycles. The number of hydrogen-bond acceptors (Lipinski definition) is 0. The topological polar surface area (TPSA) is 0 Å². The molecule has 0 aliphatic carbocycles. The van der Waals surface area contributed by atoms with Crippen LogP contribution in [0.3, 0.4) is 0 Å². The standard InChI is InChI=1S/2C9H15.Ru/c2*1-5-6-7-8-9(2,3)4;/h2*5-7H,1-4H3;. The third-order valence-electron chi connectivity index (χ3n) is 2.45. The van der Waals surface area contributed by atoms with Crippen molar-refractivity contribution in [3.63, 3.8) is 0 Å². The fourth-order valence-corrected chi connectivity index (χ4v) is 3.72. The Labute approximate surface area is 128 Å². The normalized spacial score (nSPS) is 16.0. The summed E-state index contributed by atoms with van der Waals surface area (Å²) in [7, 11) is 0. The second-order valence-corrected chi connectivity index (χ2v) is 8.95. The van der Waals surface area contributed by atoms with E-state index in [-0.39, 0.29) is 28.0 Å². The van der Waals surface area contributed by atoms with Gasteiger partial charge in [-0.2, -0.15) is 0 Å². The SMILES string of the molecule is CC=CC=[C]([Ru][C](=CC=CC)C(C)(C)C)C(C)(C)C. The number of rotatable bonds is 4. The van der Waals surface area contributed by atoms with Gasteiger partial charge in [-0.3, -0.25) is 0 Å². The maximum absolute atomic E-state index is 2.31. The summed E-state index contributed by atoms with van der Waals surface area (Å²) >= 11 is 0.115. The summed E-state index contributed by atoms with van der Waals surface area (Å²) in [6.07, 6.45) is 13.2. The van der Waals surface area contributed by atoms with Crippen LogP contribution in [0.25, 0.3) is 0 Å². The average molecular weight is 348 g/mol. The zero-order chi connectivity index (χ0) is 15.1. The van der Waals surface area contributed by atoms with Crippen molar-refractivity contribution in [2.45, 2.75) is 55.4 Å². The van der Waals surface area contributed by atoms with Crippen molar-refractivity contribution in [1.29, 1.82) is 0 Å². The van der Waals surface area contributed by atoms with Gasteiger partial charge < -0.3 is 0 Å². The van der Waals surface area contributed by atoms with E-state index in [0.29, 0.717) is 0 Å². The summed E-state index contributed by atoms with van der Waals surface area (Å²) < 4.78 is 3.15. The van der Waals surface area contributed by atoms with E-state index >= 15 is 0 Å². The van der Waals surface area contributed by atoms with Crippen LogP contribution in [0.15, 0.2) is 44.8 Å². The first-order chi connectivity index (χ1) is 8.62. The Morgan fingerprint density at radius 1 is 0.684 bits per heavy atom. The van der Waals surface area contributed by atoms with Crippen molar-refractivity contribution in [1.82, 2.24) is 0 Å². The monoisotopic (exact) mass is 348 g/mol. The molecule has 0 aromatic rings. The zero-order valence-electron chi connectivity index (χ0n) is 13.8. The average Bonchev–Trinajstić information content (AvgIpc) is 2.24. The molecule has 110 valence electrons. The fourth-order valence-electron chi connectivity index (χ4n) is 1.28. The van der Waals surface area contributed by atoms with Gasteiger partial charge in [0, 0.05) is 0 Å². The predicted octanol–water partition coefficient (Wildman–Crippen LogP) is 6.08. The number of allylic oxidation sites excluding steroid dienone is 8. The molecule has 0 aliphatic rings. The molecule has 0 unspecified atom stereocenters. The van der Waals surface area contributed by atoms with E-state index in [0.717, 1.165) is 0 Å². The van der Waals surface area contributed by atoms with Crippen LogP contribution in [0, 0.1) is 10.8 Å². The van der Waals surface area contributed by atoms with Crippen LogP contribution >= 0.6 is 0 Å². The first kappa shape index (κ1) is 18.6. The van der Waals surface area contributed by atoms with E-state index in [1.807, 2.05) is 0 Å². The molecular formula is C18H30Ru. The zero-order valence-corrected chi connectivity index (χ0v) is 15.6. The first-order valence-corrected chi connectivity index (χ1v) is 8.66. The molecule has 0 aromatic carbocycles. The van der Waals surface area contributed by atoms with Crippen LogP contribution in [-0.2, 0) is 17.1 Å².